The lowest BCUT2D eigenvalue weighted by Crippen LogP contribution is -2.49. The molecule has 0 rings (SSSR count). The molecule has 0 saturated carbocycles. The fraction of sp³-hybridized carbons (Fsp3) is 1.00. The molecule has 0 aliphatic rings. The smallest absolute Gasteiger partial charge is 0.216 e. The minimum absolute atomic E-state index is 0.354. The van der Waals surface area contributed by atoms with Gasteiger partial charge in [0.1, 0.15) is 0 Å². The zero-order chi connectivity index (χ0) is 9.83. The Labute approximate surface area is 74.7 Å². The molecule has 0 saturated heterocycles. The lowest BCUT2D eigenvalue weighted by atomic mass is 9.91. The molecule has 0 bridgehead atoms. The van der Waals surface area contributed by atoms with Crippen LogP contribution in [-0.4, -0.2) is 14.0 Å². The van der Waals surface area contributed by atoms with Crippen LogP contribution in [0.4, 0.5) is 0 Å². The van der Waals surface area contributed by atoms with Gasteiger partial charge < -0.3 is 0 Å². The largest absolute Gasteiger partial charge is 0.274 e. The average molecular weight is 194 g/mol. The Balaban J connectivity index is 4.52. The molecule has 0 aliphatic carbocycles. The Kier molecular flexibility index (Phi) is 4.16. The molecular formula is C7H18N2O2S. The van der Waals surface area contributed by atoms with Gasteiger partial charge in [-0.1, -0.05) is 20.8 Å². The molecule has 0 radical (unpaired) electrons. The third-order valence-electron chi connectivity index (χ3n) is 2.39. The average Bonchev–Trinajstić information content (AvgIpc) is 1.99. The first-order valence-corrected chi connectivity index (χ1v) is 5.75. The number of nitrogens with two attached hydrogens (primary N) is 1. The van der Waals surface area contributed by atoms with E-state index in [-0.39, 0.29) is 5.54 Å². The van der Waals surface area contributed by atoms with Crippen LogP contribution in [0.1, 0.15) is 40.0 Å². The van der Waals surface area contributed by atoms with E-state index in [1.165, 1.54) is 0 Å². The summed E-state index contributed by atoms with van der Waals surface area (Å²) in [6, 6.07) is 0. The second-order valence-corrected chi connectivity index (χ2v) is 4.28. The van der Waals surface area contributed by atoms with Crippen molar-refractivity contribution in [3.8, 4) is 0 Å². The highest BCUT2D eigenvalue weighted by molar-refractivity contribution is 7.87. The number of nitrogens with one attached hydrogen (secondary N) is 1. The minimum Gasteiger partial charge on any atom is -0.216 e. The van der Waals surface area contributed by atoms with Crippen molar-refractivity contribution < 1.29 is 8.42 Å². The van der Waals surface area contributed by atoms with E-state index in [1.807, 2.05) is 20.8 Å². The van der Waals surface area contributed by atoms with Crippen LogP contribution in [0.2, 0.25) is 0 Å². The van der Waals surface area contributed by atoms with Crippen molar-refractivity contribution in [3.63, 3.8) is 0 Å². The zero-order valence-electron chi connectivity index (χ0n) is 7.92. The SMILES string of the molecule is CCC(CC)(CC)NS(N)(=O)=O. The van der Waals surface area contributed by atoms with Crippen LogP contribution in [-0.2, 0) is 10.2 Å². The lowest BCUT2D eigenvalue weighted by molar-refractivity contribution is 0.342. The molecule has 0 unspecified atom stereocenters. The predicted molar refractivity (Wildman–Crippen MR) is 49.8 cm³/mol. The predicted octanol–water partition coefficient (Wildman–Crippen LogP) is 0.748. The highest BCUT2D eigenvalue weighted by atomic mass is 32.2. The fourth-order valence-electron chi connectivity index (χ4n) is 1.27. The first-order chi connectivity index (χ1) is 5.39. The van der Waals surface area contributed by atoms with Gasteiger partial charge in [-0.3, -0.25) is 0 Å². The highest BCUT2D eigenvalue weighted by Gasteiger charge is 2.27. The molecule has 3 N–H and O–H groups in total. The van der Waals surface area contributed by atoms with Crippen molar-refractivity contribution in [3.05, 3.63) is 0 Å². The van der Waals surface area contributed by atoms with Crippen molar-refractivity contribution in [2.24, 2.45) is 5.14 Å². The maximum atomic E-state index is 10.8. The van der Waals surface area contributed by atoms with E-state index in [2.05, 4.69) is 4.72 Å². The molecule has 0 aromatic rings. The quantitative estimate of drug-likeness (QED) is 0.678. The zero-order valence-corrected chi connectivity index (χ0v) is 8.74. The first kappa shape index (κ1) is 11.9. The highest BCUT2D eigenvalue weighted by Crippen LogP contribution is 2.19. The summed E-state index contributed by atoms with van der Waals surface area (Å²) < 4.78 is 24.0. The first-order valence-electron chi connectivity index (χ1n) is 4.21. The summed E-state index contributed by atoms with van der Waals surface area (Å²) in [6.45, 7) is 5.85. The van der Waals surface area contributed by atoms with E-state index in [0.717, 1.165) is 19.3 Å². The fourth-order valence-corrected chi connectivity index (χ4v) is 2.30. The van der Waals surface area contributed by atoms with Crippen LogP contribution in [0.3, 0.4) is 0 Å². The summed E-state index contributed by atoms with van der Waals surface area (Å²) in [5.74, 6) is 0. The van der Waals surface area contributed by atoms with Crippen LogP contribution < -0.4 is 9.86 Å². The molecule has 4 nitrogen and oxygen atoms in total. The second-order valence-electron chi connectivity index (χ2n) is 2.99. The van der Waals surface area contributed by atoms with Crippen LogP contribution in [0.25, 0.3) is 0 Å². The molecule has 0 atom stereocenters. The molecule has 0 amide bonds. The molecule has 0 fully saturated rings. The van der Waals surface area contributed by atoms with Gasteiger partial charge in [0.25, 0.3) is 10.2 Å². The summed E-state index contributed by atoms with van der Waals surface area (Å²) in [5, 5.41) is 4.91. The van der Waals surface area contributed by atoms with Crippen molar-refractivity contribution in [2.45, 2.75) is 45.6 Å². The molecule has 0 aromatic carbocycles. The van der Waals surface area contributed by atoms with E-state index in [9.17, 15) is 8.42 Å². The van der Waals surface area contributed by atoms with Gasteiger partial charge in [0.2, 0.25) is 0 Å². The van der Waals surface area contributed by atoms with E-state index >= 15 is 0 Å². The van der Waals surface area contributed by atoms with Crippen LogP contribution in [0.15, 0.2) is 0 Å². The maximum Gasteiger partial charge on any atom is 0.274 e. The van der Waals surface area contributed by atoms with Gasteiger partial charge in [-0.15, -0.1) is 0 Å². The van der Waals surface area contributed by atoms with Crippen molar-refractivity contribution in [2.75, 3.05) is 0 Å². The van der Waals surface area contributed by atoms with E-state index < -0.39 is 10.2 Å². The Morgan fingerprint density at radius 2 is 1.50 bits per heavy atom. The van der Waals surface area contributed by atoms with Crippen LogP contribution in [0.5, 0.6) is 0 Å². The number of hydrogen-bond acceptors (Lipinski definition) is 2. The standard InChI is InChI=1S/C7H18N2O2S/c1-4-7(5-2,6-3)9-12(8,10)11/h9H,4-6H2,1-3H3,(H2,8,10,11). The van der Waals surface area contributed by atoms with Crippen molar-refractivity contribution in [1.29, 1.82) is 0 Å². The molecule has 0 heterocycles. The van der Waals surface area contributed by atoms with Crippen molar-refractivity contribution in [1.82, 2.24) is 4.72 Å². The summed E-state index contributed by atoms with van der Waals surface area (Å²) in [7, 11) is -3.57. The normalized spacial score (nSPS) is 13.3. The summed E-state index contributed by atoms with van der Waals surface area (Å²) in [4.78, 5) is 0. The molecule has 74 valence electrons. The topological polar surface area (TPSA) is 72.2 Å². The maximum absolute atomic E-state index is 10.8. The van der Waals surface area contributed by atoms with E-state index in [4.69, 9.17) is 5.14 Å². The monoisotopic (exact) mass is 194 g/mol. The van der Waals surface area contributed by atoms with Gasteiger partial charge in [0.05, 0.1) is 0 Å². The van der Waals surface area contributed by atoms with E-state index in [0.29, 0.717) is 0 Å². The number of hydrogen-bond donors (Lipinski definition) is 2. The van der Waals surface area contributed by atoms with Gasteiger partial charge in [-0.2, -0.15) is 13.1 Å². The van der Waals surface area contributed by atoms with Gasteiger partial charge in [-0.25, -0.2) is 5.14 Å². The molecule has 0 spiro atoms. The van der Waals surface area contributed by atoms with Gasteiger partial charge in [0, 0.05) is 5.54 Å². The van der Waals surface area contributed by atoms with E-state index in [1.54, 1.807) is 0 Å². The Morgan fingerprint density at radius 1 is 1.17 bits per heavy atom. The molecule has 5 heteroatoms. The van der Waals surface area contributed by atoms with Gasteiger partial charge in [0.15, 0.2) is 0 Å². The van der Waals surface area contributed by atoms with Gasteiger partial charge in [-0.05, 0) is 19.3 Å². The van der Waals surface area contributed by atoms with Crippen LogP contribution >= 0.6 is 0 Å². The number of rotatable bonds is 5. The Hall–Kier alpha value is -0.130. The minimum atomic E-state index is -3.57. The summed E-state index contributed by atoms with van der Waals surface area (Å²) >= 11 is 0. The Morgan fingerprint density at radius 3 is 1.58 bits per heavy atom. The molecular weight excluding hydrogens is 176 g/mol. The molecule has 0 aromatic heterocycles. The van der Waals surface area contributed by atoms with Crippen molar-refractivity contribution >= 4 is 10.2 Å². The van der Waals surface area contributed by atoms with Gasteiger partial charge >= 0.3 is 0 Å². The third-order valence-corrected chi connectivity index (χ3v) is 3.11. The van der Waals surface area contributed by atoms with Crippen LogP contribution in [0, 0.1) is 0 Å². The lowest BCUT2D eigenvalue weighted by Gasteiger charge is -2.30. The molecule has 12 heavy (non-hydrogen) atoms. The summed E-state index contributed by atoms with van der Waals surface area (Å²) in [6.07, 6.45) is 2.28. The second kappa shape index (κ2) is 4.20. The third kappa shape index (κ3) is 3.51. The Bertz CT molecular complexity index is 211. The summed E-state index contributed by atoms with van der Waals surface area (Å²) in [5.41, 5.74) is -0.354. The molecule has 0 aliphatic heterocycles.